The van der Waals surface area contributed by atoms with Crippen molar-refractivity contribution in [3.8, 4) is 0 Å². The fourth-order valence-corrected chi connectivity index (χ4v) is 2.20. The zero-order valence-electron chi connectivity index (χ0n) is 11.0. The molecule has 0 fully saturated rings. The van der Waals surface area contributed by atoms with Gasteiger partial charge in [0, 0.05) is 12.6 Å². The van der Waals surface area contributed by atoms with Gasteiger partial charge in [-0.3, -0.25) is 4.99 Å². The first-order valence-corrected chi connectivity index (χ1v) is 6.54. The van der Waals surface area contributed by atoms with Crippen LogP contribution in [0.1, 0.15) is 5.56 Å². The molecule has 2 rings (SSSR count). The molecule has 0 bridgehead atoms. The minimum Gasteiger partial charge on any atom is -0.392 e. The summed E-state index contributed by atoms with van der Waals surface area (Å²) in [6, 6.07) is 9.08. The Morgan fingerprint density at radius 3 is 2.40 bits per heavy atom. The molecule has 0 heterocycles. The van der Waals surface area contributed by atoms with Crippen molar-refractivity contribution in [2.24, 2.45) is 4.99 Å². The summed E-state index contributed by atoms with van der Waals surface area (Å²) in [5.41, 5.74) is 1.37. The Balaban J connectivity index is 2.06. The summed E-state index contributed by atoms with van der Waals surface area (Å²) in [5, 5.41) is 38.3. The van der Waals surface area contributed by atoms with Crippen LogP contribution < -0.4 is 0 Å². The Morgan fingerprint density at radius 1 is 1.05 bits per heavy atom. The SMILES string of the molecule is OCC1=C[C@H](N=CCc2ccccc2)[C@H](O)C(O)[C@@H]1O. The first kappa shape index (κ1) is 14.9. The first-order chi connectivity index (χ1) is 9.63. The Kier molecular flexibility index (Phi) is 5.03. The number of hydrogen-bond donors (Lipinski definition) is 4. The van der Waals surface area contributed by atoms with Crippen molar-refractivity contribution in [1.82, 2.24) is 0 Å². The van der Waals surface area contributed by atoms with Gasteiger partial charge in [-0.15, -0.1) is 0 Å². The molecule has 1 unspecified atom stereocenters. The van der Waals surface area contributed by atoms with Gasteiger partial charge in [-0.05, 0) is 11.1 Å². The van der Waals surface area contributed by atoms with E-state index in [0.29, 0.717) is 6.42 Å². The second kappa shape index (κ2) is 6.76. The van der Waals surface area contributed by atoms with Crippen molar-refractivity contribution in [3.05, 3.63) is 47.5 Å². The lowest BCUT2D eigenvalue weighted by Gasteiger charge is -2.32. The largest absolute Gasteiger partial charge is 0.392 e. The predicted molar refractivity (Wildman–Crippen MR) is 75.6 cm³/mol. The third-order valence-electron chi connectivity index (χ3n) is 3.42. The van der Waals surface area contributed by atoms with Gasteiger partial charge in [-0.25, -0.2) is 0 Å². The summed E-state index contributed by atoms with van der Waals surface area (Å²) in [7, 11) is 0. The topological polar surface area (TPSA) is 93.3 Å². The highest BCUT2D eigenvalue weighted by molar-refractivity contribution is 5.62. The molecule has 1 aliphatic rings. The Labute approximate surface area is 117 Å². The Morgan fingerprint density at radius 2 is 1.75 bits per heavy atom. The molecule has 5 nitrogen and oxygen atoms in total. The van der Waals surface area contributed by atoms with Gasteiger partial charge in [0.15, 0.2) is 0 Å². The van der Waals surface area contributed by atoms with Gasteiger partial charge >= 0.3 is 0 Å². The average Bonchev–Trinajstić information content (AvgIpc) is 2.48. The highest BCUT2D eigenvalue weighted by atomic mass is 16.4. The van der Waals surface area contributed by atoms with Crippen LogP contribution in [-0.2, 0) is 6.42 Å². The van der Waals surface area contributed by atoms with Crippen LogP contribution >= 0.6 is 0 Å². The number of nitrogens with zero attached hydrogens (tertiary/aromatic N) is 1. The van der Waals surface area contributed by atoms with Gasteiger partial charge < -0.3 is 20.4 Å². The number of rotatable bonds is 4. The van der Waals surface area contributed by atoms with E-state index in [0.717, 1.165) is 5.56 Å². The maximum Gasteiger partial charge on any atom is 0.112 e. The van der Waals surface area contributed by atoms with E-state index < -0.39 is 24.4 Å². The van der Waals surface area contributed by atoms with Gasteiger partial charge in [0.1, 0.15) is 18.3 Å². The maximum atomic E-state index is 9.87. The van der Waals surface area contributed by atoms with E-state index in [9.17, 15) is 15.3 Å². The molecule has 0 aliphatic heterocycles. The molecule has 0 saturated heterocycles. The number of aliphatic hydroxyl groups excluding tert-OH is 4. The van der Waals surface area contributed by atoms with Gasteiger partial charge in [-0.2, -0.15) is 0 Å². The molecule has 0 spiro atoms. The standard InChI is InChI=1S/C15H19NO4/c17-9-11-8-12(14(19)15(20)13(11)18)16-7-6-10-4-2-1-3-5-10/h1-5,7-8,12-15,17-20H,6,9H2/t12-,13+,14-,15?/m0/s1. The van der Waals surface area contributed by atoms with Crippen LogP contribution in [0.15, 0.2) is 47.0 Å². The lowest BCUT2D eigenvalue weighted by Crippen LogP contribution is -2.48. The van der Waals surface area contributed by atoms with E-state index in [2.05, 4.69) is 4.99 Å². The summed E-state index contributed by atoms with van der Waals surface area (Å²) >= 11 is 0. The third kappa shape index (κ3) is 3.32. The van der Waals surface area contributed by atoms with Crippen LogP contribution in [0, 0.1) is 0 Å². The average molecular weight is 277 g/mol. The van der Waals surface area contributed by atoms with Crippen LogP contribution in [0.2, 0.25) is 0 Å². The van der Waals surface area contributed by atoms with Crippen molar-refractivity contribution in [3.63, 3.8) is 0 Å². The molecule has 0 saturated carbocycles. The fourth-order valence-electron chi connectivity index (χ4n) is 2.20. The third-order valence-corrected chi connectivity index (χ3v) is 3.42. The van der Waals surface area contributed by atoms with Crippen molar-refractivity contribution in [2.75, 3.05) is 6.61 Å². The van der Waals surface area contributed by atoms with Gasteiger partial charge in [0.05, 0.1) is 12.6 Å². The van der Waals surface area contributed by atoms with Crippen molar-refractivity contribution >= 4 is 6.21 Å². The van der Waals surface area contributed by atoms with E-state index in [-0.39, 0.29) is 12.2 Å². The monoisotopic (exact) mass is 277 g/mol. The van der Waals surface area contributed by atoms with Crippen LogP contribution in [0.25, 0.3) is 0 Å². The molecule has 108 valence electrons. The van der Waals surface area contributed by atoms with Crippen LogP contribution in [0.3, 0.4) is 0 Å². The van der Waals surface area contributed by atoms with Gasteiger partial charge in [-0.1, -0.05) is 36.4 Å². The van der Waals surface area contributed by atoms with Crippen molar-refractivity contribution in [2.45, 2.75) is 30.8 Å². The van der Waals surface area contributed by atoms with Crippen LogP contribution in [0.4, 0.5) is 0 Å². The molecule has 1 aliphatic carbocycles. The van der Waals surface area contributed by atoms with Gasteiger partial charge in [0.2, 0.25) is 0 Å². The van der Waals surface area contributed by atoms with Crippen molar-refractivity contribution < 1.29 is 20.4 Å². The van der Waals surface area contributed by atoms with E-state index in [1.165, 1.54) is 6.08 Å². The molecular weight excluding hydrogens is 258 g/mol. The smallest absolute Gasteiger partial charge is 0.112 e. The minimum atomic E-state index is -1.33. The number of benzene rings is 1. The molecule has 5 heteroatoms. The summed E-state index contributed by atoms with van der Waals surface area (Å²) < 4.78 is 0. The summed E-state index contributed by atoms with van der Waals surface area (Å²) in [6.45, 7) is -0.365. The van der Waals surface area contributed by atoms with Crippen molar-refractivity contribution in [1.29, 1.82) is 0 Å². The number of aliphatic hydroxyl groups is 4. The summed E-state index contributed by atoms with van der Waals surface area (Å²) in [5.74, 6) is 0. The quantitative estimate of drug-likeness (QED) is 0.448. The van der Waals surface area contributed by atoms with E-state index in [4.69, 9.17) is 5.11 Å². The molecule has 1 aromatic rings. The molecule has 0 radical (unpaired) electrons. The van der Waals surface area contributed by atoms with E-state index in [1.807, 2.05) is 30.3 Å². The summed E-state index contributed by atoms with van der Waals surface area (Å²) in [4.78, 5) is 4.21. The number of aliphatic imine (C=N–C) groups is 1. The molecule has 0 amide bonds. The predicted octanol–water partition coefficient (Wildman–Crippen LogP) is -0.317. The summed E-state index contributed by atoms with van der Waals surface area (Å²) in [6.07, 6.45) is 0.0390. The molecular formula is C15H19NO4. The second-order valence-corrected chi connectivity index (χ2v) is 4.84. The zero-order chi connectivity index (χ0) is 14.5. The zero-order valence-corrected chi connectivity index (χ0v) is 11.0. The lowest BCUT2D eigenvalue weighted by molar-refractivity contribution is -0.0592. The molecule has 0 aromatic heterocycles. The minimum absolute atomic E-state index is 0.282. The fraction of sp³-hybridized carbons (Fsp3) is 0.400. The molecule has 4 N–H and O–H groups in total. The maximum absolute atomic E-state index is 9.87. The highest BCUT2D eigenvalue weighted by Crippen LogP contribution is 2.21. The Bertz CT molecular complexity index is 486. The molecule has 20 heavy (non-hydrogen) atoms. The van der Waals surface area contributed by atoms with Crippen LogP contribution in [0.5, 0.6) is 0 Å². The number of hydrogen-bond acceptors (Lipinski definition) is 5. The van der Waals surface area contributed by atoms with E-state index >= 15 is 0 Å². The lowest BCUT2D eigenvalue weighted by atomic mass is 9.88. The first-order valence-electron chi connectivity index (χ1n) is 6.54. The highest BCUT2D eigenvalue weighted by Gasteiger charge is 2.36. The Hall–Kier alpha value is -1.53. The molecule has 4 atom stereocenters. The normalized spacial score (nSPS) is 30.5. The van der Waals surface area contributed by atoms with Crippen LogP contribution in [-0.4, -0.2) is 57.6 Å². The second-order valence-electron chi connectivity index (χ2n) is 4.84. The van der Waals surface area contributed by atoms with E-state index in [1.54, 1.807) is 6.21 Å². The van der Waals surface area contributed by atoms with Gasteiger partial charge in [0.25, 0.3) is 0 Å². The molecule has 1 aromatic carbocycles.